The third kappa shape index (κ3) is 7.77. The maximum absolute atomic E-state index is 14.6. The fourth-order valence-electron chi connectivity index (χ4n) is 9.60. The van der Waals surface area contributed by atoms with Crippen molar-refractivity contribution < 1.29 is 19.2 Å². The highest BCUT2D eigenvalue weighted by Gasteiger charge is 2.51. The van der Waals surface area contributed by atoms with Gasteiger partial charge >= 0.3 is 0 Å². The Hall–Kier alpha value is -4.52. The van der Waals surface area contributed by atoms with E-state index in [0.29, 0.717) is 24.6 Å². The van der Waals surface area contributed by atoms with Crippen molar-refractivity contribution in [3.63, 3.8) is 0 Å². The van der Waals surface area contributed by atoms with Crippen molar-refractivity contribution in [1.82, 2.24) is 20.4 Å². The molecule has 0 aliphatic heterocycles. The summed E-state index contributed by atoms with van der Waals surface area (Å²) in [6, 6.07) is 6.26. The Balaban J connectivity index is 1.30. The predicted molar refractivity (Wildman–Crippen MR) is 188 cm³/mol. The van der Waals surface area contributed by atoms with Gasteiger partial charge in [0.25, 0.3) is 0 Å². The van der Waals surface area contributed by atoms with E-state index in [-0.39, 0.29) is 36.5 Å². The Kier molecular flexibility index (Phi) is 10.2. The number of benzene rings is 1. The van der Waals surface area contributed by atoms with Gasteiger partial charge in [-0.25, -0.2) is 0 Å². The predicted octanol–water partition coefficient (Wildman–Crippen LogP) is 3.04. The average Bonchev–Trinajstić information content (AvgIpc) is 3.49. The number of rotatable bonds is 15. The third-order valence-corrected chi connectivity index (χ3v) is 11.5. The molecule has 4 saturated carbocycles. The molecule has 1 aromatic carbocycles. The second kappa shape index (κ2) is 14.4. The van der Waals surface area contributed by atoms with Crippen LogP contribution in [0, 0.1) is 42.9 Å². The van der Waals surface area contributed by atoms with E-state index in [1.54, 1.807) is 24.5 Å². The molecule has 4 bridgehead atoms. The van der Waals surface area contributed by atoms with Crippen molar-refractivity contribution in [2.45, 2.75) is 96.1 Å². The van der Waals surface area contributed by atoms with Crippen LogP contribution in [0.1, 0.15) is 91.4 Å². The molecule has 0 radical (unpaired) electrons. The Bertz CT molecular complexity index is 1660. The highest BCUT2D eigenvalue weighted by atomic mass is 16.5. The van der Waals surface area contributed by atoms with Gasteiger partial charge in [0.1, 0.15) is 17.3 Å². The number of nitrogens with two attached hydrogens (primary N) is 4. The van der Waals surface area contributed by atoms with E-state index in [9.17, 15) is 14.7 Å². The van der Waals surface area contributed by atoms with Crippen LogP contribution in [-0.4, -0.2) is 50.1 Å². The van der Waals surface area contributed by atoms with Crippen LogP contribution in [-0.2, 0) is 28.9 Å². The largest absolute Gasteiger partial charge is 0.508 e. The monoisotopic (exact) mass is 685 g/mol. The number of carbonyl (C=O) groups is 2. The number of pyridine rings is 1. The van der Waals surface area contributed by atoms with Crippen LogP contribution in [0.3, 0.4) is 0 Å². The number of aromatic nitrogens is 3. The van der Waals surface area contributed by atoms with Gasteiger partial charge in [0.2, 0.25) is 17.7 Å². The first-order valence-electron chi connectivity index (χ1n) is 17.8. The summed E-state index contributed by atoms with van der Waals surface area (Å²) >= 11 is 0. The van der Waals surface area contributed by atoms with Gasteiger partial charge in [0, 0.05) is 31.8 Å². The van der Waals surface area contributed by atoms with E-state index in [2.05, 4.69) is 20.4 Å². The van der Waals surface area contributed by atoms with E-state index >= 15 is 0 Å². The molecule has 4 fully saturated rings. The number of hydrogen-bond donors (Lipinski definition) is 6. The van der Waals surface area contributed by atoms with Crippen LogP contribution in [0.15, 0.2) is 46.2 Å². The smallest absolute Gasteiger partial charge is 0.249 e. The molecule has 0 spiro atoms. The fourth-order valence-corrected chi connectivity index (χ4v) is 9.60. The van der Waals surface area contributed by atoms with Crippen molar-refractivity contribution >= 4 is 17.8 Å². The maximum Gasteiger partial charge on any atom is 0.249 e. The van der Waals surface area contributed by atoms with Crippen molar-refractivity contribution in [3.05, 3.63) is 70.6 Å². The second-order valence-electron chi connectivity index (χ2n) is 15.4. The van der Waals surface area contributed by atoms with Gasteiger partial charge in [-0.2, -0.15) is 4.98 Å². The van der Waals surface area contributed by atoms with Crippen LogP contribution in [0.2, 0.25) is 0 Å². The molecule has 3 aromatic rings. The Morgan fingerprint density at radius 2 is 1.66 bits per heavy atom. The Morgan fingerprint density at radius 1 is 1.04 bits per heavy atom. The molecule has 13 nitrogen and oxygen atoms in total. The molecule has 1 unspecified atom stereocenters. The lowest BCUT2D eigenvalue weighted by molar-refractivity contribution is -0.135. The van der Waals surface area contributed by atoms with Gasteiger partial charge in [-0.3, -0.25) is 19.6 Å². The van der Waals surface area contributed by atoms with Crippen LogP contribution >= 0.6 is 0 Å². The lowest BCUT2D eigenvalue weighted by atomic mass is 9.49. The minimum absolute atomic E-state index is 0.0537. The third-order valence-electron chi connectivity index (χ3n) is 11.5. The molecule has 10 N–H and O–H groups in total. The number of aryl methyl sites for hydroxylation is 2. The first kappa shape index (κ1) is 35.3. The molecule has 4 aliphatic rings. The van der Waals surface area contributed by atoms with Gasteiger partial charge in [-0.05, 0) is 141 Å². The number of nitrogens with zero attached hydrogens (tertiary/aromatic N) is 4. The van der Waals surface area contributed by atoms with Crippen molar-refractivity contribution in [2.75, 3.05) is 6.54 Å². The van der Waals surface area contributed by atoms with Crippen LogP contribution in [0.25, 0.3) is 0 Å². The van der Waals surface area contributed by atoms with Crippen LogP contribution in [0.5, 0.6) is 5.75 Å². The van der Waals surface area contributed by atoms with Gasteiger partial charge in [0.05, 0.1) is 5.92 Å². The van der Waals surface area contributed by atoms with Gasteiger partial charge < -0.3 is 37.9 Å². The number of aromatic hydroxyl groups is 1. The highest BCUT2D eigenvalue weighted by molar-refractivity contribution is 5.93. The van der Waals surface area contributed by atoms with E-state index in [1.165, 1.54) is 38.5 Å². The molecule has 50 heavy (non-hydrogen) atoms. The fraction of sp³-hybridized carbons (Fsp3) is 0.568. The SMILES string of the molecule is Cc1cc(O)cc(C)c1C[C@H](C(=O)N[C@@H](Cc1ccncc1)c1nc(CC23CC4CC(CC(C4)C2)C3)no1)C(N)(CCCN=C(N)N)C(N)=O. The van der Waals surface area contributed by atoms with Crippen molar-refractivity contribution in [3.8, 4) is 5.75 Å². The van der Waals surface area contributed by atoms with Gasteiger partial charge in [-0.15, -0.1) is 0 Å². The molecule has 3 atom stereocenters. The number of aliphatic imine (C=N–C) groups is 1. The quantitative estimate of drug-likeness (QED) is 0.0777. The summed E-state index contributed by atoms with van der Waals surface area (Å²) in [5, 5.41) is 17.8. The first-order chi connectivity index (χ1) is 23.8. The number of phenols is 1. The van der Waals surface area contributed by atoms with Gasteiger partial charge in [0.15, 0.2) is 11.8 Å². The van der Waals surface area contributed by atoms with Crippen LogP contribution < -0.4 is 28.3 Å². The van der Waals surface area contributed by atoms with Crippen molar-refractivity contribution in [2.24, 2.45) is 57.0 Å². The summed E-state index contributed by atoms with van der Waals surface area (Å²) in [4.78, 5) is 40.9. The summed E-state index contributed by atoms with van der Waals surface area (Å²) in [6.45, 7) is 3.89. The number of amides is 2. The Labute approximate surface area is 293 Å². The molecule has 268 valence electrons. The number of phenolic OH excluding ortho intramolecular Hbond substituents is 1. The van der Waals surface area contributed by atoms with E-state index in [4.69, 9.17) is 32.4 Å². The van der Waals surface area contributed by atoms with Crippen molar-refractivity contribution in [1.29, 1.82) is 0 Å². The minimum atomic E-state index is -1.76. The molecule has 13 heteroatoms. The normalized spacial score (nSPS) is 24.7. The van der Waals surface area contributed by atoms with Crippen LogP contribution in [0.4, 0.5) is 0 Å². The minimum Gasteiger partial charge on any atom is -0.508 e. The molecule has 2 heterocycles. The van der Waals surface area contributed by atoms with Gasteiger partial charge in [-0.1, -0.05) is 5.16 Å². The number of primary amides is 1. The average molecular weight is 686 g/mol. The summed E-state index contributed by atoms with van der Waals surface area (Å²) in [6.07, 6.45) is 12.6. The summed E-state index contributed by atoms with van der Waals surface area (Å²) in [5.41, 5.74) is 25.5. The molecule has 2 amide bonds. The topological polar surface area (TPSA) is 235 Å². The van der Waals surface area contributed by atoms with E-state index < -0.39 is 29.3 Å². The number of guanidine groups is 1. The molecule has 2 aromatic heterocycles. The molecular formula is C37H51N9O4. The zero-order valence-corrected chi connectivity index (χ0v) is 29.1. The molecule has 4 aliphatic carbocycles. The maximum atomic E-state index is 14.6. The molecular weight excluding hydrogens is 634 g/mol. The first-order valence-corrected chi connectivity index (χ1v) is 17.8. The zero-order valence-electron chi connectivity index (χ0n) is 29.1. The number of hydrogen-bond acceptors (Lipinski definition) is 9. The second-order valence-corrected chi connectivity index (χ2v) is 15.4. The number of nitrogens with one attached hydrogen (secondary N) is 1. The lowest BCUT2D eigenvalue weighted by Gasteiger charge is -2.56. The molecule has 7 rings (SSSR count). The standard InChI is InChI=1S/C37H51N9O4/c1-21-10-27(47)11-22(2)28(21)16-29(37(41,34(38)49)6-3-7-43-35(39)40)32(48)44-30(15-23-4-8-42-9-5-23)33-45-31(46-50-33)20-36-17-24-12-25(18-36)14-26(13-24)19-36/h4-5,8-11,24-26,29-30,47H,3,6-7,12-20,41H2,1-2H3,(H2,38,49)(H,44,48)(H4,39,40,43)/t24?,25?,26?,29-,30+,36?,37?/m1/s1. The van der Waals surface area contributed by atoms with E-state index in [1.807, 2.05) is 26.0 Å². The molecule has 0 saturated heterocycles. The van der Waals surface area contributed by atoms with E-state index in [0.717, 1.165) is 46.4 Å². The summed E-state index contributed by atoms with van der Waals surface area (Å²) < 4.78 is 5.92. The lowest BCUT2D eigenvalue weighted by Crippen LogP contribution is -2.62. The number of carbonyl (C=O) groups excluding carboxylic acids is 2. The summed E-state index contributed by atoms with van der Waals surface area (Å²) in [5.74, 6) is 0.953. The highest BCUT2D eigenvalue weighted by Crippen LogP contribution is 2.60. The summed E-state index contributed by atoms with van der Waals surface area (Å²) in [7, 11) is 0. The Morgan fingerprint density at radius 3 is 2.24 bits per heavy atom. The zero-order chi connectivity index (χ0) is 35.6.